The van der Waals surface area contributed by atoms with Crippen LogP contribution in [0.2, 0.25) is 0 Å². The molecule has 0 unspecified atom stereocenters. The molecule has 0 bridgehead atoms. The van der Waals surface area contributed by atoms with Crippen LogP contribution >= 0.6 is 23.1 Å². The van der Waals surface area contributed by atoms with Crippen LogP contribution in [0.25, 0.3) is 21.7 Å². The van der Waals surface area contributed by atoms with Crippen LogP contribution in [0, 0.1) is 6.92 Å². The summed E-state index contributed by atoms with van der Waals surface area (Å²) >= 11 is 3.50. The van der Waals surface area contributed by atoms with E-state index < -0.39 is 0 Å². The molecule has 0 saturated heterocycles. The summed E-state index contributed by atoms with van der Waals surface area (Å²) in [5.74, 6) is 1.18. The largest absolute Gasteiger partial charge is 0.419 e. The zero-order valence-corrected chi connectivity index (χ0v) is 17.4. The summed E-state index contributed by atoms with van der Waals surface area (Å²) < 4.78 is 5.97. The summed E-state index contributed by atoms with van der Waals surface area (Å²) in [6.07, 6.45) is 6.49. The van der Waals surface area contributed by atoms with E-state index >= 15 is 0 Å². The second-order valence-electron chi connectivity index (χ2n) is 7.14. The van der Waals surface area contributed by atoms with Gasteiger partial charge in [-0.3, -0.25) is 0 Å². The maximum absolute atomic E-state index is 5.97. The molecular weight excluding hydrogens is 388 g/mol. The molecular formula is C21H20N4OS2. The van der Waals surface area contributed by atoms with Crippen LogP contribution in [0.5, 0.6) is 0 Å². The molecule has 5 nitrogen and oxygen atoms in total. The molecule has 0 radical (unpaired) electrons. The van der Waals surface area contributed by atoms with E-state index in [1.54, 1.807) is 18.1 Å². The summed E-state index contributed by atoms with van der Waals surface area (Å²) in [5.41, 5.74) is 3.60. The number of aryl methyl sites for hydroxylation is 3. The van der Waals surface area contributed by atoms with Crippen molar-refractivity contribution in [3.63, 3.8) is 0 Å². The van der Waals surface area contributed by atoms with Crippen molar-refractivity contribution in [2.24, 2.45) is 0 Å². The fourth-order valence-corrected chi connectivity index (χ4v) is 5.85. The predicted octanol–water partition coefficient (Wildman–Crippen LogP) is 5.78. The lowest BCUT2D eigenvalue weighted by atomic mass is 9.97. The minimum absolute atomic E-state index is 0.0175. The highest BCUT2D eigenvalue weighted by Gasteiger charge is 2.23. The lowest BCUT2D eigenvalue weighted by Crippen LogP contribution is -1.99. The Morgan fingerprint density at radius 1 is 1.07 bits per heavy atom. The summed E-state index contributed by atoms with van der Waals surface area (Å²) in [5, 5.41) is 10.8. The molecule has 0 amide bonds. The second-order valence-corrected chi connectivity index (χ2v) is 9.55. The maximum Gasteiger partial charge on any atom is 0.247 e. The third-order valence-electron chi connectivity index (χ3n) is 5.09. The Morgan fingerprint density at radius 3 is 2.75 bits per heavy atom. The first-order chi connectivity index (χ1) is 13.7. The van der Waals surface area contributed by atoms with Gasteiger partial charge in [0.05, 0.1) is 5.25 Å². The number of thioether (sulfide) groups is 1. The van der Waals surface area contributed by atoms with Gasteiger partial charge < -0.3 is 4.42 Å². The first-order valence-corrected chi connectivity index (χ1v) is 11.2. The number of thiophene rings is 1. The number of fused-ring (bicyclic) bond motifs is 3. The van der Waals surface area contributed by atoms with E-state index in [9.17, 15) is 0 Å². The molecule has 1 aliphatic carbocycles. The summed E-state index contributed by atoms with van der Waals surface area (Å²) in [6.45, 7) is 4.15. The van der Waals surface area contributed by atoms with Crippen molar-refractivity contribution >= 4 is 33.3 Å². The van der Waals surface area contributed by atoms with Crippen LogP contribution in [0.3, 0.4) is 0 Å². The van der Waals surface area contributed by atoms with Gasteiger partial charge in [0.2, 0.25) is 11.8 Å². The van der Waals surface area contributed by atoms with Gasteiger partial charge in [-0.2, -0.15) is 0 Å². The molecule has 0 N–H and O–H groups in total. The SMILES string of the molecule is Cc1ccc(-c2nnc([C@@H](C)Sc3ncnc4sc5c(c34)CCCC5)o2)cc1. The molecule has 1 atom stereocenters. The van der Waals surface area contributed by atoms with Gasteiger partial charge in [-0.1, -0.05) is 29.5 Å². The third-order valence-corrected chi connectivity index (χ3v) is 7.38. The van der Waals surface area contributed by atoms with E-state index in [0.717, 1.165) is 21.8 Å². The Balaban J connectivity index is 1.44. The van der Waals surface area contributed by atoms with E-state index in [0.29, 0.717) is 11.8 Å². The first-order valence-electron chi connectivity index (χ1n) is 9.51. The Kier molecular flexibility index (Phi) is 4.64. The first kappa shape index (κ1) is 17.8. The molecule has 4 aromatic rings. The molecule has 0 fully saturated rings. The van der Waals surface area contributed by atoms with Crippen LogP contribution in [0.1, 0.15) is 46.9 Å². The fourth-order valence-electron chi connectivity index (χ4n) is 3.58. The molecule has 7 heteroatoms. The summed E-state index contributed by atoms with van der Waals surface area (Å²) in [4.78, 5) is 11.7. The number of nitrogens with zero attached hydrogens (tertiary/aromatic N) is 4. The van der Waals surface area contributed by atoms with Crippen LogP contribution < -0.4 is 0 Å². The fraction of sp³-hybridized carbons (Fsp3) is 0.333. The number of rotatable bonds is 4. The zero-order chi connectivity index (χ0) is 19.1. The van der Waals surface area contributed by atoms with E-state index in [1.165, 1.54) is 40.7 Å². The lowest BCUT2D eigenvalue weighted by molar-refractivity contribution is 0.509. The highest BCUT2D eigenvalue weighted by molar-refractivity contribution is 7.99. The number of hydrogen-bond donors (Lipinski definition) is 0. The predicted molar refractivity (Wildman–Crippen MR) is 113 cm³/mol. The van der Waals surface area contributed by atoms with Gasteiger partial charge in [-0.25, -0.2) is 9.97 Å². The third kappa shape index (κ3) is 3.22. The molecule has 0 spiro atoms. The molecule has 5 rings (SSSR count). The Morgan fingerprint density at radius 2 is 1.89 bits per heavy atom. The van der Waals surface area contributed by atoms with Gasteiger partial charge >= 0.3 is 0 Å². The standard InChI is InChI=1S/C21H20N4OS2/c1-12-7-9-14(10-8-12)19-25-24-18(26-19)13(2)27-20-17-15-5-3-4-6-16(15)28-21(17)23-11-22-20/h7-11,13H,3-6H2,1-2H3/t13-/m1/s1. The van der Waals surface area contributed by atoms with Gasteiger partial charge in [0.25, 0.3) is 0 Å². The smallest absolute Gasteiger partial charge is 0.247 e. The molecule has 142 valence electrons. The van der Waals surface area contributed by atoms with E-state index in [1.807, 2.05) is 23.5 Å². The number of hydrogen-bond acceptors (Lipinski definition) is 7. The quantitative estimate of drug-likeness (QED) is 0.315. The minimum Gasteiger partial charge on any atom is -0.419 e. The van der Waals surface area contributed by atoms with Gasteiger partial charge in [0.1, 0.15) is 16.2 Å². The molecule has 1 aliphatic rings. The highest BCUT2D eigenvalue weighted by Crippen LogP contribution is 2.43. The number of benzene rings is 1. The molecule has 28 heavy (non-hydrogen) atoms. The lowest BCUT2D eigenvalue weighted by Gasteiger charge is -2.12. The van der Waals surface area contributed by atoms with Crippen molar-refractivity contribution in [3.8, 4) is 11.5 Å². The topological polar surface area (TPSA) is 64.7 Å². The highest BCUT2D eigenvalue weighted by atomic mass is 32.2. The van der Waals surface area contributed by atoms with Crippen molar-refractivity contribution in [2.75, 3.05) is 0 Å². The minimum atomic E-state index is 0.0175. The van der Waals surface area contributed by atoms with Gasteiger partial charge in [-0.05, 0) is 57.2 Å². The molecule has 3 aromatic heterocycles. The van der Waals surface area contributed by atoms with Crippen molar-refractivity contribution < 1.29 is 4.42 Å². The normalized spacial score (nSPS) is 14.9. The van der Waals surface area contributed by atoms with Crippen molar-refractivity contribution in [1.82, 2.24) is 20.2 Å². The molecule has 1 aromatic carbocycles. The van der Waals surface area contributed by atoms with Crippen molar-refractivity contribution in [1.29, 1.82) is 0 Å². The zero-order valence-electron chi connectivity index (χ0n) is 15.8. The van der Waals surface area contributed by atoms with Gasteiger partial charge in [-0.15, -0.1) is 21.5 Å². The number of aromatic nitrogens is 4. The summed E-state index contributed by atoms with van der Waals surface area (Å²) in [6, 6.07) is 8.12. The second kappa shape index (κ2) is 7.29. The molecule has 0 saturated carbocycles. The van der Waals surface area contributed by atoms with Crippen LogP contribution in [0.15, 0.2) is 40.0 Å². The van der Waals surface area contributed by atoms with Crippen LogP contribution in [-0.4, -0.2) is 20.2 Å². The Labute approximate surface area is 171 Å². The maximum atomic E-state index is 5.97. The van der Waals surface area contributed by atoms with Crippen molar-refractivity contribution in [3.05, 3.63) is 52.5 Å². The van der Waals surface area contributed by atoms with Crippen LogP contribution in [0.4, 0.5) is 0 Å². The van der Waals surface area contributed by atoms with Gasteiger partial charge in [0.15, 0.2) is 0 Å². The van der Waals surface area contributed by atoms with E-state index in [2.05, 4.69) is 46.1 Å². The van der Waals surface area contributed by atoms with Gasteiger partial charge in [0, 0.05) is 15.8 Å². The van der Waals surface area contributed by atoms with E-state index in [-0.39, 0.29) is 5.25 Å². The van der Waals surface area contributed by atoms with Crippen molar-refractivity contribution in [2.45, 2.75) is 49.8 Å². The Hall–Kier alpha value is -2.25. The van der Waals surface area contributed by atoms with E-state index in [4.69, 9.17) is 4.42 Å². The monoisotopic (exact) mass is 408 g/mol. The average Bonchev–Trinajstić information content (AvgIpc) is 3.34. The molecule has 0 aliphatic heterocycles. The molecule has 3 heterocycles. The van der Waals surface area contributed by atoms with Crippen LogP contribution in [-0.2, 0) is 12.8 Å². The average molecular weight is 409 g/mol. The Bertz CT molecular complexity index is 1130. The summed E-state index contributed by atoms with van der Waals surface area (Å²) in [7, 11) is 0.